The molecule has 3 aromatic rings. The van der Waals surface area contributed by atoms with Gasteiger partial charge in [0, 0.05) is 5.69 Å². The van der Waals surface area contributed by atoms with Crippen molar-refractivity contribution < 1.29 is 19.1 Å². The molecule has 7 heteroatoms. The molecule has 142 valence electrons. The van der Waals surface area contributed by atoms with Crippen LogP contribution in [0.25, 0.3) is 11.3 Å². The number of carbonyl (C=O) groups is 2. The Bertz CT molecular complexity index is 1040. The number of amides is 1. The van der Waals surface area contributed by atoms with E-state index in [4.69, 9.17) is 9.47 Å². The second kappa shape index (κ2) is 8.68. The molecule has 0 radical (unpaired) electrons. The van der Waals surface area contributed by atoms with E-state index in [-0.39, 0.29) is 12.3 Å². The normalized spacial score (nSPS) is 10.2. The second-order valence-corrected chi connectivity index (χ2v) is 5.87. The zero-order chi connectivity index (χ0) is 19.9. The molecule has 0 saturated heterocycles. The number of rotatable bonds is 5. The van der Waals surface area contributed by atoms with Gasteiger partial charge in [0.1, 0.15) is 12.3 Å². The van der Waals surface area contributed by atoms with Crippen molar-refractivity contribution in [1.29, 1.82) is 0 Å². The molecule has 1 amide bonds. The zero-order valence-corrected chi connectivity index (χ0v) is 15.1. The van der Waals surface area contributed by atoms with Crippen molar-refractivity contribution in [2.75, 3.05) is 12.4 Å². The molecule has 0 fully saturated rings. The van der Waals surface area contributed by atoms with Crippen molar-refractivity contribution >= 4 is 17.7 Å². The molecule has 0 aliphatic rings. The Morgan fingerprint density at radius 3 is 2.50 bits per heavy atom. The number of benzene rings is 2. The molecule has 1 aromatic heterocycles. The van der Waals surface area contributed by atoms with Gasteiger partial charge in [0.2, 0.25) is 0 Å². The third-order valence-corrected chi connectivity index (χ3v) is 3.95. The van der Waals surface area contributed by atoms with Crippen molar-refractivity contribution in [3.8, 4) is 11.3 Å². The average Bonchev–Trinajstić information content (AvgIpc) is 2.74. The van der Waals surface area contributed by atoms with E-state index in [0.29, 0.717) is 16.8 Å². The summed E-state index contributed by atoms with van der Waals surface area (Å²) in [6.07, 6.45) is -0.727. The molecule has 0 unspecified atom stereocenters. The predicted molar refractivity (Wildman–Crippen MR) is 104 cm³/mol. The van der Waals surface area contributed by atoms with Crippen LogP contribution < -0.4 is 10.9 Å². The van der Waals surface area contributed by atoms with Gasteiger partial charge < -0.3 is 14.5 Å². The number of nitrogens with one attached hydrogen (secondary N) is 2. The van der Waals surface area contributed by atoms with Crippen LogP contribution in [0.3, 0.4) is 0 Å². The molecule has 0 aliphatic carbocycles. The van der Waals surface area contributed by atoms with Crippen molar-refractivity contribution in [1.82, 2.24) is 4.98 Å². The SMILES string of the molecule is COC(=O)c1cccc(-c2ccc(NC(=O)OCc3ccccc3)c(=O)[nH]2)c1. The van der Waals surface area contributed by atoms with Crippen LogP contribution in [0.2, 0.25) is 0 Å². The van der Waals surface area contributed by atoms with Crippen molar-refractivity contribution in [3.63, 3.8) is 0 Å². The highest BCUT2D eigenvalue weighted by Gasteiger charge is 2.10. The van der Waals surface area contributed by atoms with E-state index in [9.17, 15) is 14.4 Å². The Hall–Kier alpha value is -3.87. The molecule has 0 aliphatic heterocycles. The lowest BCUT2D eigenvalue weighted by atomic mass is 10.1. The van der Waals surface area contributed by atoms with E-state index in [1.807, 2.05) is 30.3 Å². The van der Waals surface area contributed by atoms with E-state index >= 15 is 0 Å². The summed E-state index contributed by atoms with van der Waals surface area (Å²) in [6.45, 7) is 0.100. The summed E-state index contributed by atoms with van der Waals surface area (Å²) in [7, 11) is 1.30. The smallest absolute Gasteiger partial charge is 0.412 e. The Morgan fingerprint density at radius 1 is 1.00 bits per heavy atom. The van der Waals surface area contributed by atoms with Gasteiger partial charge in [0.15, 0.2) is 0 Å². The third kappa shape index (κ3) is 4.64. The number of aromatic amines is 1. The first kappa shape index (κ1) is 18.9. The number of carbonyl (C=O) groups excluding carboxylic acids is 2. The van der Waals surface area contributed by atoms with Gasteiger partial charge >= 0.3 is 12.1 Å². The van der Waals surface area contributed by atoms with Gasteiger partial charge in [0.05, 0.1) is 12.7 Å². The van der Waals surface area contributed by atoms with E-state index in [2.05, 4.69) is 10.3 Å². The lowest BCUT2D eigenvalue weighted by Crippen LogP contribution is -2.20. The van der Waals surface area contributed by atoms with Gasteiger partial charge in [-0.2, -0.15) is 0 Å². The van der Waals surface area contributed by atoms with Crippen LogP contribution >= 0.6 is 0 Å². The van der Waals surface area contributed by atoms with Crippen LogP contribution in [0, 0.1) is 0 Å². The molecule has 2 N–H and O–H groups in total. The van der Waals surface area contributed by atoms with E-state index in [1.54, 1.807) is 30.3 Å². The molecule has 7 nitrogen and oxygen atoms in total. The minimum absolute atomic E-state index is 0.0611. The van der Waals surface area contributed by atoms with Crippen LogP contribution in [0.5, 0.6) is 0 Å². The standard InChI is InChI=1S/C21H18N2O5/c1-27-20(25)16-9-5-8-15(12-16)17-10-11-18(19(24)22-17)23-21(26)28-13-14-6-3-2-4-7-14/h2-12H,13H2,1H3,(H,22,24)(H,23,26). The maximum absolute atomic E-state index is 12.3. The van der Waals surface area contributed by atoms with Crippen LogP contribution in [-0.2, 0) is 16.1 Å². The first-order chi connectivity index (χ1) is 13.6. The molecule has 3 rings (SSSR count). The maximum atomic E-state index is 12.3. The predicted octanol–water partition coefficient (Wildman–Crippen LogP) is 3.58. The maximum Gasteiger partial charge on any atom is 0.412 e. The number of aromatic nitrogens is 1. The summed E-state index contributed by atoms with van der Waals surface area (Å²) in [5.74, 6) is -0.469. The number of esters is 1. The number of anilines is 1. The minimum atomic E-state index is -0.727. The fraction of sp³-hybridized carbons (Fsp3) is 0.0952. The first-order valence-electron chi connectivity index (χ1n) is 8.46. The minimum Gasteiger partial charge on any atom is -0.465 e. The van der Waals surface area contributed by atoms with Crippen LogP contribution in [-0.4, -0.2) is 24.2 Å². The number of hydrogen-bond donors (Lipinski definition) is 2. The largest absolute Gasteiger partial charge is 0.465 e. The summed E-state index contributed by atoms with van der Waals surface area (Å²) in [6, 6.07) is 19.0. The highest BCUT2D eigenvalue weighted by Crippen LogP contribution is 2.18. The third-order valence-electron chi connectivity index (χ3n) is 3.95. The molecular weight excluding hydrogens is 360 g/mol. The summed E-state index contributed by atoms with van der Waals surface area (Å²) in [5.41, 5.74) is 1.92. The van der Waals surface area contributed by atoms with Gasteiger partial charge in [0.25, 0.3) is 5.56 Å². The topological polar surface area (TPSA) is 97.5 Å². The van der Waals surface area contributed by atoms with Crippen LogP contribution in [0.4, 0.5) is 10.5 Å². The zero-order valence-electron chi connectivity index (χ0n) is 15.1. The molecule has 0 saturated carbocycles. The van der Waals surface area contributed by atoms with Gasteiger partial charge in [-0.15, -0.1) is 0 Å². The lowest BCUT2D eigenvalue weighted by Gasteiger charge is -2.08. The number of methoxy groups -OCH3 is 1. The Labute approximate surface area is 160 Å². The molecule has 2 aromatic carbocycles. The molecular formula is C21H18N2O5. The van der Waals surface area contributed by atoms with E-state index in [0.717, 1.165) is 5.56 Å². The number of ether oxygens (including phenoxy) is 2. The van der Waals surface area contributed by atoms with Gasteiger partial charge in [-0.1, -0.05) is 42.5 Å². The molecule has 1 heterocycles. The second-order valence-electron chi connectivity index (χ2n) is 5.87. The first-order valence-corrected chi connectivity index (χ1v) is 8.46. The summed E-state index contributed by atoms with van der Waals surface area (Å²) < 4.78 is 9.80. The van der Waals surface area contributed by atoms with Crippen LogP contribution in [0.15, 0.2) is 71.5 Å². The van der Waals surface area contributed by atoms with Crippen LogP contribution in [0.1, 0.15) is 15.9 Å². The summed E-state index contributed by atoms with van der Waals surface area (Å²) in [4.78, 5) is 38.5. The molecule has 0 spiro atoms. The summed E-state index contributed by atoms with van der Waals surface area (Å²) >= 11 is 0. The average molecular weight is 378 g/mol. The highest BCUT2D eigenvalue weighted by atomic mass is 16.5. The number of pyridine rings is 1. The highest BCUT2D eigenvalue weighted by molar-refractivity contribution is 5.91. The Balaban J connectivity index is 1.69. The summed E-state index contributed by atoms with van der Waals surface area (Å²) in [5, 5.41) is 2.42. The lowest BCUT2D eigenvalue weighted by molar-refractivity contribution is 0.0600. The Morgan fingerprint density at radius 2 is 1.79 bits per heavy atom. The molecule has 28 heavy (non-hydrogen) atoms. The van der Waals surface area contributed by atoms with Gasteiger partial charge in [-0.05, 0) is 35.4 Å². The van der Waals surface area contributed by atoms with Gasteiger partial charge in [-0.25, -0.2) is 9.59 Å². The van der Waals surface area contributed by atoms with E-state index in [1.165, 1.54) is 13.2 Å². The van der Waals surface area contributed by atoms with Crippen molar-refractivity contribution in [2.45, 2.75) is 6.61 Å². The van der Waals surface area contributed by atoms with Crippen molar-refractivity contribution in [3.05, 3.63) is 88.2 Å². The number of H-pyrrole nitrogens is 1. The monoisotopic (exact) mass is 378 g/mol. The molecule has 0 bridgehead atoms. The fourth-order valence-electron chi connectivity index (χ4n) is 2.54. The quantitative estimate of drug-likeness (QED) is 0.662. The molecule has 0 atom stereocenters. The fourth-order valence-corrected chi connectivity index (χ4v) is 2.54. The van der Waals surface area contributed by atoms with Crippen molar-refractivity contribution in [2.24, 2.45) is 0 Å². The van der Waals surface area contributed by atoms with E-state index < -0.39 is 17.6 Å². The Kier molecular flexibility index (Phi) is 5.86. The number of hydrogen-bond acceptors (Lipinski definition) is 5. The van der Waals surface area contributed by atoms with Gasteiger partial charge in [-0.3, -0.25) is 10.1 Å².